The number of nitrogens with zero attached hydrogens (tertiary/aromatic N) is 2. The van der Waals surface area contributed by atoms with Crippen molar-refractivity contribution in [1.82, 2.24) is 10.3 Å². The smallest absolute Gasteiger partial charge is 0.230 e. The zero-order valence-corrected chi connectivity index (χ0v) is 19.3. The van der Waals surface area contributed by atoms with Crippen molar-refractivity contribution in [2.75, 3.05) is 29.6 Å². The van der Waals surface area contributed by atoms with E-state index in [9.17, 15) is 18.8 Å². The van der Waals surface area contributed by atoms with Crippen LogP contribution in [0.5, 0.6) is 0 Å². The van der Waals surface area contributed by atoms with Gasteiger partial charge in [0.1, 0.15) is 16.5 Å². The Labute approximate surface area is 198 Å². The maximum Gasteiger partial charge on any atom is 0.230 e. The summed E-state index contributed by atoms with van der Waals surface area (Å²) in [6.45, 7) is 0.216. The van der Waals surface area contributed by atoms with Gasteiger partial charge in [-0.3, -0.25) is 14.4 Å². The molecule has 0 radical (unpaired) electrons. The number of aromatic nitrogens is 1. The van der Waals surface area contributed by atoms with Crippen molar-refractivity contribution < 1.29 is 18.8 Å². The monoisotopic (exact) mass is 484 g/mol. The van der Waals surface area contributed by atoms with Crippen molar-refractivity contribution in [2.45, 2.75) is 10.8 Å². The van der Waals surface area contributed by atoms with Gasteiger partial charge in [0.05, 0.1) is 11.7 Å². The number of thioether (sulfide) groups is 1. The fraction of sp³-hybridized carbons (Fsp3) is 0.217. The Morgan fingerprint density at radius 3 is 2.61 bits per heavy atom. The molecule has 1 fully saturated rings. The molecule has 170 valence electrons. The molecule has 0 saturated carbocycles. The minimum Gasteiger partial charge on any atom is -0.358 e. The second kappa shape index (κ2) is 10.1. The number of rotatable bonds is 7. The van der Waals surface area contributed by atoms with Crippen LogP contribution >= 0.6 is 23.1 Å². The summed E-state index contributed by atoms with van der Waals surface area (Å²) < 4.78 is 13.9. The van der Waals surface area contributed by atoms with Gasteiger partial charge in [0.15, 0.2) is 4.34 Å². The summed E-state index contributed by atoms with van der Waals surface area (Å²) in [5, 5.41) is 6.08. The Kier molecular flexibility index (Phi) is 7.05. The lowest BCUT2D eigenvalue weighted by Gasteiger charge is -2.16. The average molecular weight is 485 g/mol. The van der Waals surface area contributed by atoms with E-state index in [0.29, 0.717) is 20.7 Å². The summed E-state index contributed by atoms with van der Waals surface area (Å²) >= 11 is 2.59. The first-order chi connectivity index (χ1) is 15.9. The van der Waals surface area contributed by atoms with Crippen molar-refractivity contribution in [3.05, 3.63) is 60.4 Å². The van der Waals surface area contributed by atoms with Crippen LogP contribution in [0.2, 0.25) is 0 Å². The Hall–Kier alpha value is -3.24. The van der Waals surface area contributed by atoms with Crippen LogP contribution in [0.25, 0.3) is 11.3 Å². The number of anilines is 2. The quantitative estimate of drug-likeness (QED) is 0.498. The van der Waals surface area contributed by atoms with Gasteiger partial charge in [0.25, 0.3) is 0 Å². The molecular weight excluding hydrogens is 463 g/mol. The van der Waals surface area contributed by atoms with E-state index < -0.39 is 5.92 Å². The van der Waals surface area contributed by atoms with E-state index in [4.69, 9.17) is 0 Å². The standard InChI is InChI=1S/C23H21FN4O3S2/c1-25-18(29)13-32-23-26-20(14-5-3-2-4-6-14)22(33-23)27-21(31)15-11-19(30)28(12-15)17-9-7-16(24)8-10-17/h2-10,15H,11-13H2,1H3,(H,25,29)(H,27,31). The highest BCUT2D eigenvalue weighted by Crippen LogP contribution is 2.38. The largest absolute Gasteiger partial charge is 0.358 e. The molecule has 1 aliphatic rings. The fourth-order valence-electron chi connectivity index (χ4n) is 3.41. The number of hydrogen-bond acceptors (Lipinski definition) is 6. The molecule has 1 aromatic heterocycles. The van der Waals surface area contributed by atoms with E-state index in [1.165, 1.54) is 52.3 Å². The van der Waals surface area contributed by atoms with Gasteiger partial charge in [-0.05, 0) is 24.3 Å². The molecule has 33 heavy (non-hydrogen) atoms. The summed E-state index contributed by atoms with van der Waals surface area (Å²) in [5.74, 6) is -1.30. The maximum atomic E-state index is 13.2. The Morgan fingerprint density at radius 1 is 1.18 bits per heavy atom. The molecule has 0 spiro atoms. The maximum absolute atomic E-state index is 13.2. The number of carbonyl (C=O) groups excluding carboxylic acids is 3. The molecular formula is C23H21FN4O3S2. The Bertz CT molecular complexity index is 1170. The van der Waals surface area contributed by atoms with E-state index in [-0.39, 0.29) is 42.3 Å². The summed E-state index contributed by atoms with van der Waals surface area (Å²) in [6.07, 6.45) is 0.0704. The molecule has 1 unspecified atom stereocenters. The van der Waals surface area contributed by atoms with Crippen molar-refractivity contribution in [3.8, 4) is 11.3 Å². The van der Waals surface area contributed by atoms with Crippen LogP contribution in [0.15, 0.2) is 58.9 Å². The highest BCUT2D eigenvalue weighted by atomic mass is 32.2. The molecule has 1 saturated heterocycles. The van der Waals surface area contributed by atoms with Gasteiger partial charge < -0.3 is 15.5 Å². The lowest BCUT2D eigenvalue weighted by atomic mass is 10.1. The minimum absolute atomic E-state index is 0.0704. The number of nitrogens with one attached hydrogen (secondary N) is 2. The second-order valence-electron chi connectivity index (χ2n) is 7.36. The van der Waals surface area contributed by atoms with Gasteiger partial charge in [-0.2, -0.15) is 0 Å². The molecule has 3 amide bonds. The van der Waals surface area contributed by atoms with Crippen molar-refractivity contribution in [3.63, 3.8) is 0 Å². The number of hydrogen-bond donors (Lipinski definition) is 2. The van der Waals surface area contributed by atoms with Crippen LogP contribution in [0.3, 0.4) is 0 Å². The molecule has 2 heterocycles. The number of benzene rings is 2. The van der Waals surface area contributed by atoms with Crippen molar-refractivity contribution >= 4 is 51.5 Å². The van der Waals surface area contributed by atoms with Gasteiger partial charge in [0, 0.05) is 31.3 Å². The zero-order chi connectivity index (χ0) is 23.4. The van der Waals surface area contributed by atoms with E-state index in [0.717, 1.165) is 5.56 Å². The van der Waals surface area contributed by atoms with E-state index in [2.05, 4.69) is 15.6 Å². The van der Waals surface area contributed by atoms with Crippen LogP contribution in [0, 0.1) is 11.7 Å². The zero-order valence-electron chi connectivity index (χ0n) is 17.7. The minimum atomic E-state index is -0.546. The molecule has 10 heteroatoms. The Balaban J connectivity index is 1.52. The molecule has 7 nitrogen and oxygen atoms in total. The first-order valence-corrected chi connectivity index (χ1v) is 12.0. The Morgan fingerprint density at radius 2 is 1.91 bits per heavy atom. The summed E-state index contributed by atoms with van der Waals surface area (Å²) in [6, 6.07) is 15.1. The third-order valence-electron chi connectivity index (χ3n) is 5.13. The average Bonchev–Trinajstić information content (AvgIpc) is 3.42. The molecule has 2 aromatic carbocycles. The lowest BCUT2D eigenvalue weighted by molar-refractivity contribution is -0.122. The first-order valence-electron chi connectivity index (χ1n) is 10.2. The SMILES string of the molecule is CNC(=O)CSc1nc(-c2ccccc2)c(NC(=O)C2CC(=O)N(c3ccc(F)cc3)C2)s1. The molecule has 1 atom stereocenters. The second-order valence-corrected chi connectivity index (χ2v) is 9.58. The third-order valence-corrected chi connectivity index (χ3v) is 7.24. The van der Waals surface area contributed by atoms with Gasteiger partial charge >= 0.3 is 0 Å². The molecule has 2 N–H and O–H groups in total. The van der Waals surface area contributed by atoms with Crippen molar-refractivity contribution in [1.29, 1.82) is 0 Å². The van der Waals surface area contributed by atoms with Crippen LogP contribution in [0.1, 0.15) is 6.42 Å². The van der Waals surface area contributed by atoms with Gasteiger partial charge in [-0.15, -0.1) is 0 Å². The van der Waals surface area contributed by atoms with E-state index >= 15 is 0 Å². The van der Waals surface area contributed by atoms with E-state index in [1.54, 1.807) is 7.05 Å². The number of amides is 3. The fourth-order valence-corrected chi connectivity index (χ4v) is 5.35. The highest BCUT2D eigenvalue weighted by Gasteiger charge is 2.35. The van der Waals surface area contributed by atoms with E-state index in [1.807, 2.05) is 30.3 Å². The highest BCUT2D eigenvalue weighted by molar-refractivity contribution is 8.01. The van der Waals surface area contributed by atoms with Crippen molar-refractivity contribution in [2.24, 2.45) is 5.92 Å². The van der Waals surface area contributed by atoms with Gasteiger partial charge in [-0.1, -0.05) is 53.4 Å². The van der Waals surface area contributed by atoms with Crippen LogP contribution < -0.4 is 15.5 Å². The molecule has 0 aliphatic carbocycles. The molecule has 1 aliphatic heterocycles. The van der Waals surface area contributed by atoms with Gasteiger partial charge in [0.2, 0.25) is 17.7 Å². The van der Waals surface area contributed by atoms with Crippen LogP contribution in [-0.4, -0.2) is 42.1 Å². The molecule has 4 rings (SSSR count). The summed E-state index contributed by atoms with van der Waals surface area (Å²) in [5.41, 5.74) is 2.02. The number of halogens is 1. The molecule has 3 aromatic rings. The predicted octanol–water partition coefficient (Wildman–Crippen LogP) is 3.78. The third kappa shape index (κ3) is 5.40. The lowest BCUT2D eigenvalue weighted by Crippen LogP contribution is -2.28. The number of thiazole rings is 1. The number of carbonyl (C=O) groups is 3. The molecule has 0 bridgehead atoms. The summed E-state index contributed by atoms with van der Waals surface area (Å²) in [7, 11) is 1.57. The predicted molar refractivity (Wildman–Crippen MR) is 128 cm³/mol. The van der Waals surface area contributed by atoms with Gasteiger partial charge in [-0.25, -0.2) is 9.37 Å². The normalized spacial score (nSPS) is 15.5. The first kappa shape index (κ1) is 22.9. The van der Waals surface area contributed by atoms with Crippen LogP contribution in [0.4, 0.5) is 15.1 Å². The topological polar surface area (TPSA) is 91.4 Å². The summed E-state index contributed by atoms with van der Waals surface area (Å²) in [4.78, 5) is 43.3. The van der Waals surface area contributed by atoms with Crippen LogP contribution in [-0.2, 0) is 14.4 Å².